The summed E-state index contributed by atoms with van der Waals surface area (Å²) in [5.41, 5.74) is 5.95. The molecule has 0 spiro atoms. The average Bonchev–Trinajstić information content (AvgIpc) is 3.12. The largest absolute Gasteiger partial charge is 0.488 e. The second-order valence-corrected chi connectivity index (χ2v) is 6.59. The van der Waals surface area contributed by atoms with Crippen LogP contribution in [0.25, 0.3) is 10.9 Å². The molecule has 27 heavy (non-hydrogen) atoms. The van der Waals surface area contributed by atoms with Gasteiger partial charge in [0.15, 0.2) is 5.69 Å². The van der Waals surface area contributed by atoms with Gasteiger partial charge in [-0.15, -0.1) is 0 Å². The number of ether oxygens (including phenoxy) is 1. The minimum Gasteiger partial charge on any atom is -0.488 e. The average molecular weight is 377 g/mol. The van der Waals surface area contributed by atoms with Crippen molar-refractivity contribution < 1.29 is 10.2 Å². The maximum Gasteiger partial charge on any atom is 0.155 e. The minimum atomic E-state index is 0.526. The van der Waals surface area contributed by atoms with E-state index in [1.165, 1.54) is 0 Å². The quantitative estimate of drug-likeness (QED) is 0.219. The number of aromatic amines is 1. The van der Waals surface area contributed by atoms with Crippen LogP contribution in [0, 0.1) is 0 Å². The third-order valence-electron chi connectivity index (χ3n) is 4.24. The van der Waals surface area contributed by atoms with E-state index in [-0.39, 0.29) is 0 Å². The first-order valence-electron chi connectivity index (χ1n) is 8.68. The molecule has 0 aliphatic rings. The van der Waals surface area contributed by atoms with Crippen molar-refractivity contribution in [1.82, 2.24) is 4.98 Å². The van der Waals surface area contributed by atoms with Gasteiger partial charge in [-0.05, 0) is 29.8 Å². The topological polar surface area (TPSA) is 54.0 Å². The van der Waals surface area contributed by atoms with Crippen LogP contribution in [-0.4, -0.2) is 11.2 Å². The molecule has 0 aliphatic carbocycles. The predicted octanol–water partition coefficient (Wildman–Crippen LogP) is 4.63. The molecule has 0 aliphatic heterocycles. The number of aromatic nitrogens is 1. The van der Waals surface area contributed by atoms with Crippen molar-refractivity contribution in [2.24, 2.45) is 5.10 Å². The molecule has 4 nitrogen and oxygen atoms in total. The van der Waals surface area contributed by atoms with Crippen molar-refractivity contribution in [3.05, 3.63) is 95.1 Å². The Kier molecular flexibility index (Phi) is 5.19. The van der Waals surface area contributed by atoms with Gasteiger partial charge in [0, 0.05) is 34.4 Å². The predicted molar refractivity (Wildman–Crippen MR) is 110 cm³/mol. The van der Waals surface area contributed by atoms with Crippen molar-refractivity contribution in [3.63, 3.8) is 0 Å². The van der Waals surface area contributed by atoms with Crippen molar-refractivity contribution in [2.45, 2.75) is 6.61 Å². The van der Waals surface area contributed by atoms with Crippen molar-refractivity contribution in [3.8, 4) is 5.75 Å². The lowest BCUT2D eigenvalue weighted by Gasteiger charge is -2.08. The molecule has 0 bridgehead atoms. The molecule has 0 fully saturated rings. The zero-order valence-electron chi connectivity index (χ0n) is 14.6. The first-order chi connectivity index (χ1) is 13.3. The van der Waals surface area contributed by atoms with Crippen molar-refractivity contribution in [1.29, 1.82) is 0 Å². The molecular formula is C22H19ClN3O+. The van der Waals surface area contributed by atoms with Gasteiger partial charge in [-0.2, -0.15) is 5.43 Å². The number of fused-ring (bicyclic) bond motifs is 1. The van der Waals surface area contributed by atoms with Crippen LogP contribution in [-0.2, 0) is 6.61 Å². The fourth-order valence-corrected chi connectivity index (χ4v) is 3.01. The fraction of sp³-hybridized carbons (Fsp3) is 0.0455. The molecule has 3 aromatic carbocycles. The number of nitrogens with zero attached hydrogens (tertiary/aromatic N) is 1. The second-order valence-electron chi connectivity index (χ2n) is 6.16. The fourth-order valence-electron chi connectivity index (χ4n) is 2.89. The third kappa shape index (κ3) is 4.19. The van der Waals surface area contributed by atoms with E-state index in [0.717, 1.165) is 33.5 Å². The van der Waals surface area contributed by atoms with Gasteiger partial charge < -0.3 is 9.72 Å². The summed E-state index contributed by atoms with van der Waals surface area (Å²) < 4.78 is 6.08. The monoisotopic (exact) mass is 376 g/mol. The Balaban J connectivity index is 1.54. The Morgan fingerprint density at radius 1 is 0.963 bits per heavy atom. The molecule has 4 aromatic rings. The van der Waals surface area contributed by atoms with Crippen LogP contribution in [0.2, 0.25) is 5.02 Å². The maximum absolute atomic E-state index is 6.08. The Morgan fingerprint density at radius 2 is 1.78 bits per heavy atom. The van der Waals surface area contributed by atoms with E-state index >= 15 is 0 Å². The molecule has 0 unspecified atom stereocenters. The first kappa shape index (κ1) is 17.3. The van der Waals surface area contributed by atoms with Crippen LogP contribution in [0.4, 0.5) is 5.69 Å². The number of hydrogen-bond donors (Lipinski definition) is 2. The molecule has 1 heterocycles. The van der Waals surface area contributed by atoms with E-state index < -0.39 is 0 Å². The van der Waals surface area contributed by atoms with Gasteiger partial charge in [-0.3, -0.25) is 0 Å². The number of H-pyrrole nitrogens is 1. The van der Waals surface area contributed by atoms with Gasteiger partial charge in [0.05, 0.1) is 11.6 Å². The molecule has 1 aromatic heterocycles. The Morgan fingerprint density at radius 3 is 2.59 bits per heavy atom. The summed E-state index contributed by atoms with van der Waals surface area (Å²) in [4.78, 5) is 3.28. The van der Waals surface area contributed by atoms with Gasteiger partial charge in [-0.25, -0.2) is 0 Å². The molecular weight excluding hydrogens is 358 g/mol. The summed E-state index contributed by atoms with van der Waals surface area (Å²) in [6, 6.07) is 23.7. The van der Waals surface area contributed by atoms with Gasteiger partial charge >= 0.3 is 0 Å². The standard InChI is InChI=1S/C22H18ClN3O/c23-18-9-11-19(12-10-18)26-25-14-17-13-24-20-7-4-8-21(22(17)20)27-15-16-5-2-1-3-6-16/h1-14,24,26H,15H2/p+1/b25-14+. The SMILES string of the molecule is Clc1ccc([NH2+]/N=C/c2c[nH]c3cccc(OCc4ccccc4)c23)cc1. The van der Waals surface area contributed by atoms with E-state index in [9.17, 15) is 0 Å². The van der Waals surface area contributed by atoms with Crippen LogP contribution in [0.5, 0.6) is 5.75 Å². The van der Waals surface area contributed by atoms with Gasteiger partial charge in [0.2, 0.25) is 0 Å². The first-order valence-corrected chi connectivity index (χ1v) is 9.06. The van der Waals surface area contributed by atoms with Crippen molar-refractivity contribution >= 4 is 34.4 Å². The summed E-state index contributed by atoms with van der Waals surface area (Å²) in [5.74, 6) is 0.838. The number of rotatable bonds is 6. The van der Waals surface area contributed by atoms with E-state index in [1.807, 2.05) is 78.5 Å². The minimum absolute atomic E-state index is 0.526. The van der Waals surface area contributed by atoms with Crippen LogP contribution in [0.3, 0.4) is 0 Å². The number of hydrogen-bond acceptors (Lipinski definition) is 2. The molecule has 0 saturated heterocycles. The lowest BCUT2D eigenvalue weighted by molar-refractivity contribution is -0.576. The number of halogens is 1. The third-order valence-corrected chi connectivity index (χ3v) is 4.49. The Bertz CT molecular complexity index is 1060. The number of nitrogens with two attached hydrogens (primary N) is 1. The lowest BCUT2D eigenvalue weighted by Crippen LogP contribution is -2.71. The molecule has 0 amide bonds. The van der Waals surface area contributed by atoms with E-state index in [2.05, 4.69) is 22.2 Å². The summed E-state index contributed by atoms with van der Waals surface area (Å²) in [6.45, 7) is 0.526. The lowest BCUT2D eigenvalue weighted by atomic mass is 10.1. The zero-order chi connectivity index (χ0) is 18.5. The smallest absolute Gasteiger partial charge is 0.155 e. The summed E-state index contributed by atoms with van der Waals surface area (Å²) in [6.07, 6.45) is 3.78. The molecule has 4 rings (SSSR count). The van der Waals surface area contributed by atoms with Crippen LogP contribution in [0.1, 0.15) is 11.1 Å². The molecule has 134 valence electrons. The zero-order valence-corrected chi connectivity index (χ0v) is 15.4. The highest BCUT2D eigenvalue weighted by Gasteiger charge is 2.09. The van der Waals surface area contributed by atoms with Crippen molar-refractivity contribution in [2.75, 3.05) is 0 Å². The Hall–Kier alpha value is -3.08. The van der Waals surface area contributed by atoms with E-state index in [4.69, 9.17) is 16.3 Å². The second kappa shape index (κ2) is 8.08. The highest BCUT2D eigenvalue weighted by molar-refractivity contribution is 6.30. The van der Waals surface area contributed by atoms with Crippen LogP contribution >= 0.6 is 11.6 Å². The summed E-state index contributed by atoms with van der Waals surface area (Å²) >= 11 is 5.91. The van der Waals surface area contributed by atoms with Gasteiger partial charge in [0.1, 0.15) is 12.4 Å². The van der Waals surface area contributed by atoms with Crippen LogP contribution < -0.4 is 10.2 Å². The molecule has 0 atom stereocenters. The number of nitrogens with one attached hydrogen (secondary N) is 1. The van der Waals surface area contributed by atoms with E-state index in [0.29, 0.717) is 11.6 Å². The Labute approximate surface area is 162 Å². The normalized spacial score (nSPS) is 11.3. The van der Waals surface area contributed by atoms with Gasteiger partial charge in [0.25, 0.3) is 0 Å². The molecule has 0 saturated carbocycles. The molecule has 5 heteroatoms. The summed E-state index contributed by atoms with van der Waals surface area (Å²) in [7, 11) is 0. The maximum atomic E-state index is 6.08. The highest BCUT2D eigenvalue weighted by atomic mass is 35.5. The number of benzene rings is 3. The molecule has 3 N–H and O–H groups in total. The summed E-state index contributed by atoms with van der Waals surface area (Å²) in [5, 5.41) is 6.20. The highest BCUT2D eigenvalue weighted by Crippen LogP contribution is 2.28. The molecule has 0 radical (unpaired) electrons. The number of quaternary nitrogens is 1. The van der Waals surface area contributed by atoms with E-state index in [1.54, 1.807) is 0 Å². The van der Waals surface area contributed by atoms with Crippen LogP contribution in [0.15, 0.2) is 84.1 Å². The van der Waals surface area contributed by atoms with Gasteiger partial charge in [-0.1, -0.05) is 53.1 Å².